The molecule has 18 heavy (non-hydrogen) atoms. The molecule has 2 unspecified atom stereocenters. The minimum Gasteiger partial charge on any atom is -0.308 e. The minimum absolute atomic E-state index is 0.397. The molecule has 2 heteroatoms. The first-order valence-electron chi connectivity index (χ1n) is 7.52. The highest BCUT2D eigenvalue weighted by Gasteiger charge is 2.42. The Morgan fingerprint density at radius 3 is 2.56 bits per heavy atom. The first-order valence-corrected chi connectivity index (χ1v) is 7.52. The van der Waals surface area contributed by atoms with Crippen molar-refractivity contribution in [3.8, 4) is 12.3 Å². The zero-order chi connectivity index (χ0) is 13.2. The van der Waals surface area contributed by atoms with Crippen molar-refractivity contribution in [2.75, 3.05) is 13.1 Å². The number of piperazine rings is 1. The molecule has 0 bridgehead atoms. The standard InChI is InChI=1S/C16H28N2/c1-5-8-14(4)18-12-16(9-6-7-10-16)17-11-15(18)13(2)3/h1,13-15,17H,6-12H2,2-4H3. The summed E-state index contributed by atoms with van der Waals surface area (Å²) in [5, 5.41) is 3.86. The Hall–Kier alpha value is -0.520. The lowest BCUT2D eigenvalue weighted by Gasteiger charge is -2.50. The van der Waals surface area contributed by atoms with E-state index < -0.39 is 0 Å². The molecule has 2 rings (SSSR count). The van der Waals surface area contributed by atoms with Crippen LogP contribution in [0.25, 0.3) is 0 Å². The van der Waals surface area contributed by atoms with Gasteiger partial charge in [-0.3, -0.25) is 4.90 Å². The molecular weight excluding hydrogens is 220 g/mol. The highest BCUT2D eigenvalue weighted by molar-refractivity contribution is 5.03. The molecule has 2 fully saturated rings. The Morgan fingerprint density at radius 2 is 2.00 bits per heavy atom. The Kier molecular flexibility index (Phi) is 4.35. The number of hydrogen-bond acceptors (Lipinski definition) is 2. The molecule has 0 aromatic rings. The number of nitrogens with one attached hydrogen (secondary N) is 1. The van der Waals surface area contributed by atoms with E-state index in [4.69, 9.17) is 6.42 Å². The molecule has 1 aliphatic heterocycles. The summed E-state index contributed by atoms with van der Waals surface area (Å²) in [6.07, 6.45) is 11.8. The number of rotatable bonds is 3. The van der Waals surface area contributed by atoms with Gasteiger partial charge in [0.1, 0.15) is 0 Å². The normalized spacial score (nSPS) is 29.6. The molecule has 1 saturated carbocycles. The summed E-state index contributed by atoms with van der Waals surface area (Å²) in [4.78, 5) is 2.69. The average Bonchev–Trinajstić information content (AvgIpc) is 2.77. The van der Waals surface area contributed by atoms with Crippen LogP contribution in [-0.2, 0) is 0 Å². The van der Waals surface area contributed by atoms with Gasteiger partial charge in [0.25, 0.3) is 0 Å². The topological polar surface area (TPSA) is 15.3 Å². The van der Waals surface area contributed by atoms with Crippen molar-refractivity contribution in [1.29, 1.82) is 0 Å². The van der Waals surface area contributed by atoms with E-state index in [1.807, 2.05) is 0 Å². The second-order valence-corrected chi connectivity index (χ2v) is 6.61. The average molecular weight is 248 g/mol. The van der Waals surface area contributed by atoms with Crippen LogP contribution in [0.2, 0.25) is 0 Å². The molecule has 1 heterocycles. The van der Waals surface area contributed by atoms with E-state index in [9.17, 15) is 0 Å². The number of nitrogens with zero attached hydrogens (tertiary/aromatic N) is 1. The van der Waals surface area contributed by atoms with E-state index in [0.717, 1.165) is 13.0 Å². The molecule has 2 atom stereocenters. The fraction of sp³-hybridized carbons (Fsp3) is 0.875. The van der Waals surface area contributed by atoms with Gasteiger partial charge in [-0.15, -0.1) is 12.3 Å². The molecular formula is C16H28N2. The lowest BCUT2D eigenvalue weighted by atomic mass is 9.87. The van der Waals surface area contributed by atoms with Gasteiger partial charge in [-0.25, -0.2) is 0 Å². The molecule has 1 aliphatic carbocycles. The second kappa shape index (κ2) is 5.63. The summed E-state index contributed by atoms with van der Waals surface area (Å²) < 4.78 is 0. The molecule has 1 saturated heterocycles. The van der Waals surface area contributed by atoms with Gasteiger partial charge in [-0.1, -0.05) is 26.7 Å². The van der Waals surface area contributed by atoms with E-state index in [0.29, 0.717) is 23.5 Å². The fourth-order valence-electron chi connectivity index (χ4n) is 3.74. The van der Waals surface area contributed by atoms with Crippen LogP contribution in [0.4, 0.5) is 0 Å². The van der Waals surface area contributed by atoms with Crippen LogP contribution in [-0.4, -0.2) is 35.6 Å². The predicted molar refractivity (Wildman–Crippen MR) is 77.4 cm³/mol. The van der Waals surface area contributed by atoms with E-state index in [-0.39, 0.29) is 0 Å². The van der Waals surface area contributed by atoms with Crippen LogP contribution < -0.4 is 5.32 Å². The largest absolute Gasteiger partial charge is 0.308 e. The third kappa shape index (κ3) is 2.73. The van der Waals surface area contributed by atoms with Crippen LogP contribution in [0.1, 0.15) is 52.9 Å². The Bertz CT molecular complexity index is 310. The summed E-state index contributed by atoms with van der Waals surface area (Å²) in [5.41, 5.74) is 0.397. The van der Waals surface area contributed by atoms with Crippen molar-refractivity contribution in [1.82, 2.24) is 10.2 Å². The van der Waals surface area contributed by atoms with Gasteiger partial charge in [0.2, 0.25) is 0 Å². The van der Waals surface area contributed by atoms with E-state index >= 15 is 0 Å². The van der Waals surface area contributed by atoms with Gasteiger partial charge in [0.05, 0.1) is 0 Å². The zero-order valence-electron chi connectivity index (χ0n) is 12.2. The van der Waals surface area contributed by atoms with E-state index in [1.165, 1.54) is 32.2 Å². The molecule has 1 N–H and O–H groups in total. The van der Waals surface area contributed by atoms with Crippen LogP contribution in [0, 0.1) is 18.3 Å². The highest BCUT2D eigenvalue weighted by Crippen LogP contribution is 2.35. The predicted octanol–water partition coefficient (Wildman–Crippen LogP) is 2.64. The van der Waals surface area contributed by atoms with Crippen LogP contribution in [0.5, 0.6) is 0 Å². The maximum absolute atomic E-state index is 5.51. The van der Waals surface area contributed by atoms with E-state index in [1.54, 1.807) is 0 Å². The Morgan fingerprint density at radius 1 is 1.33 bits per heavy atom. The van der Waals surface area contributed by atoms with Gasteiger partial charge in [0.15, 0.2) is 0 Å². The molecule has 0 amide bonds. The molecule has 1 spiro atoms. The monoisotopic (exact) mass is 248 g/mol. The van der Waals surface area contributed by atoms with Crippen molar-refractivity contribution < 1.29 is 0 Å². The molecule has 0 aromatic carbocycles. The maximum atomic E-state index is 5.51. The van der Waals surface area contributed by atoms with Crippen molar-refractivity contribution in [3.63, 3.8) is 0 Å². The first kappa shape index (κ1) is 13.9. The quantitative estimate of drug-likeness (QED) is 0.773. The van der Waals surface area contributed by atoms with Gasteiger partial charge < -0.3 is 5.32 Å². The summed E-state index contributed by atoms with van der Waals surface area (Å²) in [6.45, 7) is 9.28. The Balaban J connectivity index is 2.10. The van der Waals surface area contributed by atoms with Crippen molar-refractivity contribution in [3.05, 3.63) is 0 Å². The van der Waals surface area contributed by atoms with Crippen LogP contribution in [0.3, 0.4) is 0 Å². The summed E-state index contributed by atoms with van der Waals surface area (Å²) >= 11 is 0. The highest BCUT2D eigenvalue weighted by atomic mass is 15.3. The summed E-state index contributed by atoms with van der Waals surface area (Å²) in [7, 11) is 0. The second-order valence-electron chi connectivity index (χ2n) is 6.61. The minimum atomic E-state index is 0.397. The third-order valence-corrected chi connectivity index (χ3v) is 4.91. The summed E-state index contributed by atoms with van der Waals surface area (Å²) in [6, 6.07) is 1.15. The van der Waals surface area contributed by atoms with Crippen molar-refractivity contribution in [2.45, 2.75) is 70.5 Å². The van der Waals surface area contributed by atoms with Crippen LogP contribution >= 0.6 is 0 Å². The van der Waals surface area contributed by atoms with E-state index in [2.05, 4.69) is 36.9 Å². The summed E-state index contributed by atoms with van der Waals surface area (Å²) in [5.74, 6) is 3.53. The molecule has 0 radical (unpaired) electrons. The smallest absolute Gasteiger partial charge is 0.0309 e. The Labute approximate surface area is 113 Å². The van der Waals surface area contributed by atoms with Gasteiger partial charge in [-0.2, -0.15) is 0 Å². The van der Waals surface area contributed by atoms with Crippen molar-refractivity contribution in [2.24, 2.45) is 5.92 Å². The van der Waals surface area contributed by atoms with Gasteiger partial charge in [-0.05, 0) is 25.7 Å². The maximum Gasteiger partial charge on any atom is 0.0309 e. The van der Waals surface area contributed by atoms with Gasteiger partial charge >= 0.3 is 0 Å². The van der Waals surface area contributed by atoms with Crippen LogP contribution in [0.15, 0.2) is 0 Å². The molecule has 2 aliphatic rings. The lowest BCUT2D eigenvalue weighted by Crippen LogP contribution is -2.66. The fourth-order valence-corrected chi connectivity index (χ4v) is 3.74. The molecule has 102 valence electrons. The lowest BCUT2D eigenvalue weighted by molar-refractivity contribution is 0.0289. The molecule has 0 aromatic heterocycles. The van der Waals surface area contributed by atoms with Gasteiger partial charge in [0, 0.05) is 37.1 Å². The third-order valence-electron chi connectivity index (χ3n) is 4.91. The first-order chi connectivity index (χ1) is 8.58. The SMILES string of the molecule is C#CCC(C)N1CC2(CCCC2)NCC1C(C)C. The molecule has 2 nitrogen and oxygen atoms in total. The zero-order valence-corrected chi connectivity index (χ0v) is 12.2. The van der Waals surface area contributed by atoms with Crippen molar-refractivity contribution >= 4 is 0 Å². The number of terminal acetylenes is 1. The number of hydrogen-bond donors (Lipinski definition) is 1.